The lowest BCUT2D eigenvalue weighted by Crippen LogP contribution is -2.47. The average Bonchev–Trinajstić information content (AvgIpc) is 2.39. The van der Waals surface area contributed by atoms with E-state index < -0.39 is 0 Å². The van der Waals surface area contributed by atoms with E-state index in [1.54, 1.807) is 0 Å². The first-order valence-electron chi connectivity index (χ1n) is 5.83. The number of carbonyl (C=O) groups excluding carboxylic acids is 1. The number of carbonyl (C=O) groups is 1. The molecule has 0 radical (unpaired) electrons. The van der Waals surface area contributed by atoms with E-state index in [1.165, 1.54) is 0 Å². The van der Waals surface area contributed by atoms with E-state index >= 15 is 0 Å². The Hall–Kier alpha value is -1.06. The van der Waals surface area contributed by atoms with Gasteiger partial charge in [-0.25, -0.2) is 0 Å². The highest BCUT2D eigenvalue weighted by molar-refractivity contribution is 6.17. The van der Waals surface area contributed by atoms with Gasteiger partial charge in [0.2, 0.25) is 0 Å². The first-order valence-corrected chi connectivity index (χ1v) is 6.37. The maximum atomic E-state index is 12.2. The topological polar surface area (TPSA) is 23.6 Å². The molecule has 1 saturated heterocycles. The van der Waals surface area contributed by atoms with Crippen LogP contribution in [0.4, 0.5) is 0 Å². The highest BCUT2D eigenvalue weighted by Gasteiger charge is 2.20. The summed E-state index contributed by atoms with van der Waals surface area (Å²) in [6.07, 6.45) is 0. The number of rotatable bonds is 2. The predicted octanol–water partition coefficient (Wildman–Crippen LogP) is 1.81. The van der Waals surface area contributed by atoms with Crippen molar-refractivity contribution in [2.75, 3.05) is 33.2 Å². The molecule has 2 rings (SSSR count). The summed E-state index contributed by atoms with van der Waals surface area (Å²) in [4.78, 5) is 16.4. The lowest BCUT2D eigenvalue weighted by Gasteiger charge is -2.32. The third-order valence-corrected chi connectivity index (χ3v) is 3.43. The minimum atomic E-state index is 0.116. The van der Waals surface area contributed by atoms with Gasteiger partial charge in [0.25, 0.3) is 5.91 Å². The first kappa shape index (κ1) is 12.4. The van der Waals surface area contributed by atoms with Crippen LogP contribution in [0.3, 0.4) is 0 Å². The minimum absolute atomic E-state index is 0.116. The van der Waals surface area contributed by atoms with Crippen LogP contribution in [-0.2, 0) is 5.88 Å². The van der Waals surface area contributed by atoms with Crippen molar-refractivity contribution in [1.29, 1.82) is 0 Å². The molecule has 92 valence electrons. The molecular formula is C13H17ClN2O. The van der Waals surface area contributed by atoms with Gasteiger partial charge in [-0.05, 0) is 24.7 Å². The van der Waals surface area contributed by atoms with Crippen molar-refractivity contribution in [3.05, 3.63) is 35.4 Å². The zero-order valence-corrected chi connectivity index (χ0v) is 10.8. The van der Waals surface area contributed by atoms with Gasteiger partial charge in [0.15, 0.2) is 0 Å². The largest absolute Gasteiger partial charge is 0.336 e. The van der Waals surface area contributed by atoms with Crippen LogP contribution in [0.1, 0.15) is 15.9 Å². The average molecular weight is 253 g/mol. The van der Waals surface area contributed by atoms with E-state index in [0.717, 1.165) is 37.3 Å². The SMILES string of the molecule is CN1CCN(C(=O)c2cccc(CCl)c2)CC1. The Bertz CT molecular complexity index is 400. The highest BCUT2D eigenvalue weighted by Crippen LogP contribution is 2.11. The molecule has 0 aliphatic carbocycles. The van der Waals surface area contributed by atoms with Gasteiger partial charge in [-0.2, -0.15) is 0 Å². The first-order chi connectivity index (χ1) is 8.20. The fourth-order valence-electron chi connectivity index (χ4n) is 1.98. The predicted molar refractivity (Wildman–Crippen MR) is 69.4 cm³/mol. The van der Waals surface area contributed by atoms with Gasteiger partial charge in [0.1, 0.15) is 0 Å². The summed E-state index contributed by atoms with van der Waals surface area (Å²) < 4.78 is 0. The molecule has 1 fully saturated rings. The molecule has 1 aliphatic heterocycles. The molecule has 0 saturated carbocycles. The number of alkyl halides is 1. The number of likely N-dealkylation sites (N-methyl/N-ethyl adjacent to an activating group) is 1. The Labute approximate surface area is 107 Å². The van der Waals surface area contributed by atoms with Crippen LogP contribution in [-0.4, -0.2) is 48.9 Å². The fourth-order valence-corrected chi connectivity index (χ4v) is 2.15. The van der Waals surface area contributed by atoms with Gasteiger partial charge in [0.05, 0.1) is 0 Å². The maximum absolute atomic E-state index is 12.2. The summed E-state index contributed by atoms with van der Waals surface area (Å²) in [6, 6.07) is 7.57. The number of hydrogen-bond donors (Lipinski definition) is 0. The molecule has 4 heteroatoms. The van der Waals surface area contributed by atoms with Crippen LogP contribution in [0.25, 0.3) is 0 Å². The van der Waals surface area contributed by atoms with Crippen LogP contribution < -0.4 is 0 Å². The van der Waals surface area contributed by atoms with E-state index in [9.17, 15) is 4.79 Å². The molecule has 1 aliphatic rings. The molecule has 1 amide bonds. The molecule has 0 spiro atoms. The smallest absolute Gasteiger partial charge is 0.253 e. The van der Waals surface area contributed by atoms with Crippen molar-refractivity contribution in [2.24, 2.45) is 0 Å². The molecule has 0 unspecified atom stereocenters. The number of amides is 1. The number of hydrogen-bond acceptors (Lipinski definition) is 2. The Morgan fingerprint density at radius 1 is 1.29 bits per heavy atom. The number of piperazine rings is 1. The van der Waals surface area contributed by atoms with Gasteiger partial charge in [0, 0.05) is 37.6 Å². The molecular weight excluding hydrogens is 236 g/mol. The second kappa shape index (κ2) is 5.52. The van der Waals surface area contributed by atoms with E-state index in [1.807, 2.05) is 29.2 Å². The zero-order valence-electron chi connectivity index (χ0n) is 10.0. The maximum Gasteiger partial charge on any atom is 0.253 e. The van der Waals surface area contributed by atoms with Crippen molar-refractivity contribution in [3.63, 3.8) is 0 Å². The molecule has 17 heavy (non-hydrogen) atoms. The summed E-state index contributed by atoms with van der Waals surface area (Å²) in [5.74, 6) is 0.564. The van der Waals surface area contributed by atoms with E-state index in [4.69, 9.17) is 11.6 Å². The summed E-state index contributed by atoms with van der Waals surface area (Å²) in [5.41, 5.74) is 1.74. The molecule has 1 heterocycles. The van der Waals surface area contributed by atoms with Crippen LogP contribution in [0.5, 0.6) is 0 Å². The van der Waals surface area contributed by atoms with Crippen molar-refractivity contribution in [1.82, 2.24) is 9.80 Å². The Balaban J connectivity index is 2.08. The molecule has 0 aromatic heterocycles. The molecule has 0 bridgehead atoms. The summed E-state index contributed by atoms with van der Waals surface area (Å²) >= 11 is 5.78. The molecule has 3 nitrogen and oxygen atoms in total. The second-order valence-corrected chi connectivity index (χ2v) is 4.70. The molecule has 0 atom stereocenters. The number of benzene rings is 1. The Morgan fingerprint density at radius 2 is 2.00 bits per heavy atom. The van der Waals surface area contributed by atoms with E-state index in [-0.39, 0.29) is 5.91 Å². The second-order valence-electron chi connectivity index (χ2n) is 4.43. The summed E-state index contributed by atoms with van der Waals surface area (Å²) in [5, 5.41) is 0. The van der Waals surface area contributed by atoms with Crippen LogP contribution in [0.15, 0.2) is 24.3 Å². The van der Waals surface area contributed by atoms with Crippen molar-refractivity contribution in [2.45, 2.75) is 5.88 Å². The lowest BCUT2D eigenvalue weighted by molar-refractivity contribution is 0.0664. The summed E-state index contributed by atoms with van der Waals surface area (Å²) in [6.45, 7) is 3.50. The van der Waals surface area contributed by atoms with Crippen molar-refractivity contribution in [3.8, 4) is 0 Å². The van der Waals surface area contributed by atoms with Crippen LogP contribution in [0, 0.1) is 0 Å². The van der Waals surface area contributed by atoms with Gasteiger partial charge < -0.3 is 9.80 Å². The lowest BCUT2D eigenvalue weighted by atomic mass is 10.1. The molecule has 1 aromatic carbocycles. The highest BCUT2D eigenvalue weighted by atomic mass is 35.5. The van der Waals surface area contributed by atoms with Crippen molar-refractivity contribution >= 4 is 17.5 Å². The Morgan fingerprint density at radius 3 is 2.65 bits per heavy atom. The zero-order chi connectivity index (χ0) is 12.3. The van der Waals surface area contributed by atoms with Gasteiger partial charge in [-0.3, -0.25) is 4.79 Å². The Kier molecular flexibility index (Phi) is 4.02. The van der Waals surface area contributed by atoms with E-state index in [2.05, 4.69) is 11.9 Å². The van der Waals surface area contributed by atoms with Gasteiger partial charge in [-0.15, -0.1) is 11.6 Å². The van der Waals surface area contributed by atoms with Crippen molar-refractivity contribution < 1.29 is 4.79 Å². The van der Waals surface area contributed by atoms with Gasteiger partial charge in [-0.1, -0.05) is 12.1 Å². The van der Waals surface area contributed by atoms with E-state index in [0.29, 0.717) is 5.88 Å². The third kappa shape index (κ3) is 2.99. The minimum Gasteiger partial charge on any atom is -0.336 e. The molecule has 1 aromatic rings. The third-order valence-electron chi connectivity index (χ3n) is 3.12. The fraction of sp³-hybridized carbons (Fsp3) is 0.462. The molecule has 0 N–H and O–H groups in total. The normalized spacial score (nSPS) is 17.2. The van der Waals surface area contributed by atoms with Crippen LogP contribution >= 0.6 is 11.6 Å². The van der Waals surface area contributed by atoms with Gasteiger partial charge >= 0.3 is 0 Å². The van der Waals surface area contributed by atoms with Crippen LogP contribution in [0.2, 0.25) is 0 Å². The number of nitrogens with zero attached hydrogens (tertiary/aromatic N) is 2. The summed E-state index contributed by atoms with van der Waals surface area (Å²) in [7, 11) is 2.08. The monoisotopic (exact) mass is 252 g/mol. The quantitative estimate of drug-likeness (QED) is 0.750. The standard InChI is InChI=1S/C13H17ClN2O/c1-15-5-7-16(8-6-15)13(17)12-4-2-3-11(9-12)10-14/h2-4,9H,5-8,10H2,1H3. The number of halogens is 1.